The lowest BCUT2D eigenvalue weighted by Crippen LogP contribution is -2.44. The van der Waals surface area contributed by atoms with Gasteiger partial charge in [-0.25, -0.2) is 4.58 Å². The molecule has 0 radical (unpaired) electrons. The zero-order valence-electron chi connectivity index (χ0n) is 23.2. The van der Waals surface area contributed by atoms with Crippen molar-refractivity contribution in [1.29, 1.82) is 5.26 Å². The van der Waals surface area contributed by atoms with Gasteiger partial charge in [0.05, 0.1) is 32.4 Å². The molecule has 1 aliphatic rings. The standard InChI is InChI=1S/C31H33N6O3/c1-20-10-13-36(28(38)9-12-32)18-25(20)17-35(3)29-27-11-14-37(30(27)34-19-33-29)31(39)21(2)22-5-6-24-16-26(40-4)8-7-23(24)15-22/h5-8,11,14-17,19-21,25H,9-10,13,18H2,1-4H3/q+1/b35-17+/t20-,21+,25?/m1/s1. The summed E-state index contributed by atoms with van der Waals surface area (Å²) in [6.07, 6.45) is 6.10. The molecule has 5 rings (SSSR count). The van der Waals surface area contributed by atoms with Crippen LogP contribution in [0, 0.1) is 23.2 Å². The molecular weight excluding hydrogens is 504 g/mol. The molecule has 40 heavy (non-hydrogen) atoms. The lowest BCUT2D eigenvalue weighted by Gasteiger charge is -2.34. The number of nitrogens with zero attached hydrogens (tertiary/aromatic N) is 6. The molecule has 2 aromatic carbocycles. The summed E-state index contributed by atoms with van der Waals surface area (Å²) in [7, 11) is 3.57. The van der Waals surface area contributed by atoms with Crippen molar-refractivity contribution < 1.29 is 18.9 Å². The Bertz CT molecular complexity index is 1670. The molecule has 1 fully saturated rings. The Labute approximate surface area is 233 Å². The van der Waals surface area contributed by atoms with Crippen LogP contribution in [-0.4, -0.2) is 69.3 Å². The summed E-state index contributed by atoms with van der Waals surface area (Å²) < 4.78 is 8.88. The number of nitriles is 1. The molecule has 0 N–H and O–H groups in total. The van der Waals surface area contributed by atoms with Crippen molar-refractivity contribution in [3.8, 4) is 11.8 Å². The molecule has 9 nitrogen and oxygen atoms in total. The number of amides is 1. The second-order valence-corrected chi connectivity index (χ2v) is 10.5. The Balaban J connectivity index is 1.41. The van der Waals surface area contributed by atoms with E-state index in [0.717, 1.165) is 33.9 Å². The number of hydrogen-bond donors (Lipinski definition) is 0. The van der Waals surface area contributed by atoms with E-state index in [1.807, 2.05) is 67.1 Å². The molecule has 1 amide bonds. The Hall–Kier alpha value is -4.58. The van der Waals surface area contributed by atoms with Crippen LogP contribution in [0.1, 0.15) is 43.0 Å². The summed E-state index contributed by atoms with van der Waals surface area (Å²) in [4.78, 5) is 36.7. The average Bonchev–Trinajstić information content (AvgIpc) is 3.41. The number of rotatable bonds is 6. The van der Waals surface area contributed by atoms with E-state index in [2.05, 4.69) is 23.1 Å². The fourth-order valence-electron chi connectivity index (χ4n) is 5.44. The minimum atomic E-state index is -0.384. The quantitative estimate of drug-likeness (QED) is 0.259. The third-order valence-electron chi connectivity index (χ3n) is 7.99. The molecule has 1 unspecified atom stereocenters. The van der Waals surface area contributed by atoms with Crippen LogP contribution in [0.15, 0.2) is 55.0 Å². The molecule has 3 atom stereocenters. The van der Waals surface area contributed by atoms with Crippen molar-refractivity contribution in [2.24, 2.45) is 11.8 Å². The van der Waals surface area contributed by atoms with Crippen molar-refractivity contribution in [2.45, 2.75) is 32.6 Å². The minimum absolute atomic E-state index is 0.0771. The first-order valence-electron chi connectivity index (χ1n) is 13.5. The van der Waals surface area contributed by atoms with E-state index in [4.69, 9.17) is 10.00 Å². The zero-order chi connectivity index (χ0) is 28.4. The number of carbonyl (C=O) groups is 2. The van der Waals surface area contributed by atoms with Gasteiger partial charge in [-0.3, -0.25) is 14.2 Å². The fourth-order valence-corrected chi connectivity index (χ4v) is 5.44. The van der Waals surface area contributed by atoms with Gasteiger partial charge in [-0.1, -0.05) is 31.2 Å². The number of ether oxygens (including phenoxy) is 1. The van der Waals surface area contributed by atoms with E-state index >= 15 is 0 Å². The van der Waals surface area contributed by atoms with E-state index in [0.29, 0.717) is 30.5 Å². The SMILES string of the molecule is COc1ccc2cc([C@H](C)C(=O)n3ccc4c(/[N+](C)=C/C5CN(C(=O)CC#N)CC[C@H]5C)ncnc43)ccc2c1. The zero-order valence-corrected chi connectivity index (χ0v) is 23.2. The van der Waals surface area contributed by atoms with Crippen LogP contribution in [-0.2, 0) is 4.79 Å². The molecule has 9 heteroatoms. The highest BCUT2D eigenvalue weighted by Crippen LogP contribution is 2.29. The number of likely N-dealkylation sites (tertiary alicyclic amines) is 1. The Kier molecular flexibility index (Phi) is 7.60. The first kappa shape index (κ1) is 27.0. The van der Waals surface area contributed by atoms with Crippen LogP contribution in [0.3, 0.4) is 0 Å². The second-order valence-electron chi connectivity index (χ2n) is 10.5. The van der Waals surface area contributed by atoms with Crippen molar-refractivity contribution in [3.05, 3.63) is 60.6 Å². The third-order valence-corrected chi connectivity index (χ3v) is 7.99. The van der Waals surface area contributed by atoms with Crippen LogP contribution in [0.4, 0.5) is 5.82 Å². The predicted molar refractivity (Wildman–Crippen MR) is 153 cm³/mol. The van der Waals surface area contributed by atoms with Crippen molar-refractivity contribution in [1.82, 2.24) is 19.4 Å². The van der Waals surface area contributed by atoms with Gasteiger partial charge in [-0.15, -0.1) is 0 Å². The smallest absolute Gasteiger partial charge is 0.335 e. The summed E-state index contributed by atoms with van der Waals surface area (Å²) in [5, 5.41) is 11.8. The first-order chi connectivity index (χ1) is 19.3. The maximum absolute atomic E-state index is 13.7. The molecule has 0 spiro atoms. The summed E-state index contributed by atoms with van der Waals surface area (Å²) in [5.41, 5.74) is 1.47. The van der Waals surface area contributed by atoms with Gasteiger partial charge in [0, 0.05) is 25.2 Å². The number of hydrogen-bond acceptors (Lipinski definition) is 6. The molecule has 0 bridgehead atoms. The highest BCUT2D eigenvalue weighted by molar-refractivity contribution is 5.97. The number of fused-ring (bicyclic) bond motifs is 2. The molecule has 2 aromatic heterocycles. The summed E-state index contributed by atoms with van der Waals surface area (Å²) >= 11 is 0. The van der Waals surface area contributed by atoms with Crippen LogP contribution in [0.25, 0.3) is 21.8 Å². The minimum Gasteiger partial charge on any atom is -0.497 e. The van der Waals surface area contributed by atoms with Gasteiger partial charge in [0.1, 0.15) is 17.6 Å². The lowest BCUT2D eigenvalue weighted by molar-refractivity contribution is -0.405. The highest BCUT2D eigenvalue weighted by atomic mass is 16.5. The van der Waals surface area contributed by atoms with Crippen molar-refractivity contribution in [2.75, 3.05) is 27.2 Å². The summed E-state index contributed by atoms with van der Waals surface area (Å²) in [6.45, 7) is 5.32. The van der Waals surface area contributed by atoms with E-state index in [1.54, 1.807) is 22.8 Å². The third kappa shape index (κ3) is 5.17. The number of piperidine rings is 1. The molecule has 0 saturated carbocycles. The van der Waals surface area contributed by atoms with E-state index in [9.17, 15) is 9.59 Å². The Morgan fingerprint density at radius 2 is 1.98 bits per heavy atom. The van der Waals surface area contributed by atoms with Gasteiger partial charge in [0.15, 0.2) is 5.65 Å². The van der Waals surface area contributed by atoms with Gasteiger partial charge in [-0.05, 0) is 58.8 Å². The summed E-state index contributed by atoms with van der Waals surface area (Å²) in [5.74, 6) is 1.39. The molecule has 1 aliphatic heterocycles. The van der Waals surface area contributed by atoms with Crippen LogP contribution in [0.2, 0.25) is 0 Å². The number of benzene rings is 2. The van der Waals surface area contributed by atoms with Gasteiger partial charge in [0.25, 0.3) is 0 Å². The normalized spacial score (nSPS) is 18.5. The highest BCUT2D eigenvalue weighted by Gasteiger charge is 2.30. The molecule has 3 heterocycles. The van der Waals surface area contributed by atoms with Gasteiger partial charge in [0.2, 0.25) is 18.1 Å². The Morgan fingerprint density at radius 1 is 1.20 bits per heavy atom. The van der Waals surface area contributed by atoms with Crippen LogP contribution < -0.4 is 4.74 Å². The molecule has 1 saturated heterocycles. The van der Waals surface area contributed by atoms with E-state index < -0.39 is 0 Å². The summed E-state index contributed by atoms with van der Waals surface area (Å²) in [6, 6.07) is 15.8. The largest absolute Gasteiger partial charge is 0.497 e. The molecule has 4 aromatic rings. The average molecular weight is 538 g/mol. The van der Waals surface area contributed by atoms with Crippen molar-refractivity contribution in [3.63, 3.8) is 0 Å². The monoisotopic (exact) mass is 537 g/mol. The maximum atomic E-state index is 13.7. The molecular formula is C31H33N6O3+. The number of aromatic nitrogens is 3. The van der Waals surface area contributed by atoms with Crippen LogP contribution >= 0.6 is 0 Å². The van der Waals surface area contributed by atoms with Crippen molar-refractivity contribution >= 4 is 45.7 Å². The number of carbonyl (C=O) groups excluding carboxylic acids is 2. The molecule has 0 aliphatic carbocycles. The maximum Gasteiger partial charge on any atom is 0.335 e. The lowest BCUT2D eigenvalue weighted by atomic mass is 9.87. The van der Waals surface area contributed by atoms with Crippen LogP contribution in [0.5, 0.6) is 5.75 Å². The Morgan fingerprint density at radius 3 is 2.75 bits per heavy atom. The van der Waals surface area contributed by atoms with E-state index in [1.165, 1.54) is 6.33 Å². The fraction of sp³-hybridized carbons (Fsp3) is 0.355. The number of methoxy groups -OCH3 is 1. The topological polar surface area (TPSA) is 104 Å². The van der Waals surface area contributed by atoms with Gasteiger partial charge >= 0.3 is 5.82 Å². The predicted octanol–water partition coefficient (Wildman–Crippen LogP) is 4.78. The van der Waals surface area contributed by atoms with E-state index in [-0.39, 0.29) is 30.1 Å². The second kappa shape index (κ2) is 11.3. The van der Waals surface area contributed by atoms with Gasteiger partial charge in [-0.2, -0.15) is 10.2 Å². The van der Waals surface area contributed by atoms with Gasteiger partial charge < -0.3 is 9.64 Å². The first-order valence-corrected chi connectivity index (χ1v) is 13.5. The molecule has 204 valence electrons.